The number of rotatable bonds is 3. The summed E-state index contributed by atoms with van der Waals surface area (Å²) in [5.74, 6) is 0.660. The molecule has 1 N–H and O–H groups in total. The molecule has 0 radical (unpaired) electrons. The molecule has 1 nitrogen and oxygen atoms in total. The van der Waals surface area contributed by atoms with Crippen molar-refractivity contribution in [2.45, 2.75) is 23.2 Å². The molecule has 2 aromatic rings. The van der Waals surface area contributed by atoms with Crippen molar-refractivity contribution in [2.24, 2.45) is 0 Å². The molecule has 2 atom stereocenters. The first kappa shape index (κ1) is 14.6. The molecule has 110 valence electrons. The lowest BCUT2D eigenvalue weighted by Gasteiger charge is -2.33. The van der Waals surface area contributed by atoms with Crippen molar-refractivity contribution in [3.05, 3.63) is 65.5 Å². The third kappa shape index (κ3) is 3.30. The smallest absolute Gasteiger partial charge is 0.123 e. The van der Waals surface area contributed by atoms with Gasteiger partial charge in [-0.15, -0.1) is 11.8 Å². The van der Waals surface area contributed by atoms with Gasteiger partial charge in [0.1, 0.15) is 5.82 Å². The van der Waals surface area contributed by atoms with Gasteiger partial charge in [-0.2, -0.15) is 0 Å². The topological polar surface area (TPSA) is 12.0 Å². The SMILES string of the molecule is CSc1ccc(C2CCNCC2c2cccc(F)c2)cc1. The van der Waals surface area contributed by atoms with Gasteiger partial charge in [0.05, 0.1) is 0 Å². The highest BCUT2D eigenvalue weighted by Crippen LogP contribution is 2.37. The third-order valence-corrected chi connectivity index (χ3v) is 5.05. The number of hydrogen-bond donors (Lipinski definition) is 1. The van der Waals surface area contributed by atoms with Gasteiger partial charge in [-0.25, -0.2) is 4.39 Å². The average Bonchev–Trinajstić information content (AvgIpc) is 2.55. The van der Waals surface area contributed by atoms with Gasteiger partial charge in [-0.1, -0.05) is 24.3 Å². The molecule has 1 heterocycles. The van der Waals surface area contributed by atoms with Crippen LogP contribution in [0.5, 0.6) is 0 Å². The molecule has 21 heavy (non-hydrogen) atoms. The molecule has 1 aliphatic rings. The first-order valence-corrected chi connectivity index (χ1v) is 8.60. The molecule has 0 saturated carbocycles. The van der Waals surface area contributed by atoms with E-state index in [9.17, 15) is 4.39 Å². The number of nitrogens with one attached hydrogen (secondary N) is 1. The Hall–Kier alpha value is -1.32. The Bertz CT molecular complexity index is 596. The van der Waals surface area contributed by atoms with Crippen molar-refractivity contribution >= 4 is 11.8 Å². The van der Waals surface area contributed by atoms with Crippen LogP contribution in [0.15, 0.2) is 53.4 Å². The average molecular weight is 301 g/mol. The standard InChI is InChI=1S/C18H20FNS/c1-21-16-7-5-13(6-8-16)17-9-10-20-12-18(17)14-3-2-4-15(19)11-14/h2-8,11,17-18,20H,9-10,12H2,1H3. The molecule has 2 unspecified atom stereocenters. The lowest BCUT2D eigenvalue weighted by Crippen LogP contribution is -2.34. The predicted molar refractivity (Wildman–Crippen MR) is 87.6 cm³/mol. The third-order valence-electron chi connectivity index (χ3n) is 4.30. The van der Waals surface area contributed by atoms with Crippen LogP contribution >= 0.6 is 11.8 Å². The molecule has 0 aliphatic carbocycles. The summed E-state index contributed by atoms with van der Waals surface area (Å²) in [6, 6.07) is 15.9. The summed E-state index contributed by atoms with van der Waals surface area (Å²) in [5, 5.41) is 3.45. The fourth-order valence-electron chi connectivity index (χ4n) is 3.20. The van der Waals surface area contributed by atoms with E-state index in [1.807, 2.05) is 12.1 Å². The van der Waals surface area contributed by atoms with Crippen LogP contribution < -0.4 is 5.32 Å². The second-order valence-electron chi connectivity index (χ2n) is 5.53. The fraction of sp³-hybridized carbons (Fsp3) is 0.333. The highest BCUT2D eigenvalue weighted by Gasteiger charge is 2.27. The highest BCUT2D eigenvalue weighted by molar-refractivity contribution is 7.98. The molecular formula is C18H20FNS. The lowest BCUT2D eigenvalue weighted by molar-refractivity contribution is 0.403. The molecule has 3 rings (SSSR count). The van der Waals surface area contributed by atoms with Crippen LogP contribution in [0, 0.1) is 5.82 Å². The Kier molecular flexibility index (Phi) is 4.61. The van der Waals surface area contributed by atoms with Crippen LogP contribution in [0.3, 0.4) is 0 Å². The first-order chi connectivity index (χ1) is 10.3. The van der Waals surface area contributed by atoms with E-state index in [2.05, 4.69) is 35.8 Å². The molecule has 0 amide bonds. The van der Waals surface area contributed by atoms with Gasteiger partial charge in [0.25, 0.3) is 0 Å². The van der Waals surface area contributed by atoms with Crippen molar-refractivity contribution in [1.82, 2.24) is 5.32 Å². The molecule has 0 aromatic heterocycles. The molecule has 1 saturated heterocycles. The molecule has 0 bridgehead atoms. The minimum Gasteiger partial charge on any atom is -0.316 e. The van der Waals surface area contributed by atoms with Crippen LogP contribution in [0.25, 0.3) is 0 Å². The zero-order chi connectivity index (χ0) is 14.7. The molecule has 1 fully saturated rings. The summed E-state index contributed by atoms with van der Waals surface area (Å²) in [5.41, 5.74) is 2.46. The molecule has 2 aromatic carbocycles. The van der Waals surface area contributed by atoms with E-state index in [0.717, 1.165) is 25.1 Å². The Morgan fingerprint density at radius 1 is 1.05 bits per heavy atom. The lowest BCUT2D eigenvalue weighted by atomic mass is 9.77. The van der Waals surface area contributed by atoms with Crippen molar-refractivity contribution in [3.8, 4) is 0 Å². The summed E-state index contributed by atoms with van der Waals surface area (Å²) in [4.78, 5) is 1.29. The van der Waals surface area contributed by atoms with E-state index < -0.39 is 0 Å². The van der Waals surface area contributed by atoms with Crippen molar-refractivity contribution in [3.63, 3.8) is 0 Å². The van der Waals surface area contributed by atoms with Gasteiger partial charge >= 0.3 is 0 Å². The summed E-state index contributed by atoms with van der Waals surface area (Å²) < 4.78 is 13.5. The Labute approximate surface area is 130 Å². The van der Waals surface area contributed by atoms with Crippen molar-refractivity contribution in [2.75, 3.05) is 19.3 Å². The maximum absolute atomic E-state index is 13.5. The van der Waals surface area contributed by atoms with E-state index in [1.165, 1.54) is 16.5 Å². The van der Waals surface area contributed by atoms with Gasteiger partial charge in [-0.05, 0) is 60.5 Å². The van der Waals surface area contributed by atoms with Gasteiger partial charge in [-0.3, -0.25) is 0 Å². The van der Waals surface area contributed by atoms with E-state index in [1.54, 1.807) is 17.8 Å². The maximum atomic E-state index is 13.5. The van der Waals surface area contributed by atoms with Crippen LogP contribution in [0.1, 0.15) is 29.4 Å². The minimum absolute atomic E-state index is 0.144. The van der Waals surface area contributed by atoms with Gasteiger partial charge in [0.2, 0.25) is 0 Å². The predicted octanol–water partition coefficient (Wildman–Crippen LogP) is 4.41. The van der Waals surface area contributed by atoms with Crippen LogP contribution in [-0.2, 0) is 0 Å². The summed E-state index contributed by atoms with van der Waals surface area (Å²) in [6.45, 7) is 1.94. The largest absolute Gasteiger partial charge is 0.316 e. The van der Waals surface area contributed by atoms with Gasteiger partial charge in [0.15, 0.2) is 0 Å². The number of halogens is 1. The summed E-state index contributed by atoms with van der Waals surface area (Å²) >= 11 is 1.76. The van der Waals surface area contributed by atoms with E-state index in [0.29, 0.717) is 11.8 Å². The van der Waals surface area contributed by atoms with Gasteiger partial charge in [0, 0.05) is 17.4 Å². The quantitative estimate of drug-likeness (QED) is 0.843. The van der Waals surface area contributed by atoms with Gasteiger partial charge < -0.3 is 5.32 Å². The maximum Gasteiger partial charge on any atom is 0.123 e. The monoisotopic (exact) mass is 301 g/mol. The summed E-state index contributed by atoms with van der Waals surface area (Å²) in [7, 11) is 0. The van der Waals surface area contributed by atoms with E-state index in [-0.39, 0.29) is 5.82 Å². The highest BCUT2D eigenvalue weighted by atomic mass is 32.2. The molecule has 0 spiro atoms. The normalized spacial score (nSPS) is 22.2. The number of thioether (sulfide) groups is 1. The van der Waals surface area contributed by atoms with E-state index in [4.69, 9.17) is 0 Å². The van der Waals surface area contributed by atoms with Crippen molar-refractivity contribution in [1.29, 1.82) is 0 Å². The molecule has 1 aliphatic heterocycles. The minimum atomic E-state index is -0.144. The van der Waals surface area contributed by atoms with Crippen LogP contribution in [-0.4, -0.2) is 19.3 Å². The van der Waals surface area contributed by atoms with Crippen molar-refractivity contribution < 1.29 is 4.39 Å². The molecule has 3 heteroatoms. The Morgan fingerprint density at radius 2 is 1.86 bits per heavy atom. The van der Waals surface area contributed by atoms with Crippen LogP contribution in [0.4, 0.5) is 4.39 Å². The Balaban J connectivity index is 1.90. The zero-order valence-electron chi connectivity index (χ0n) is 12.2. The second-order valence-corrected chi connectivity index (χ2v) is 6.41. The van der Waals surface area contributed by atoms with Crippen LogP contribution in [0.2, 0.25) is 0 Å². The Morgan fingerprint density at radius 3 is 2.57 bits per heavy atom. The number of hydrogen-bond acceptors (Lipinski definition) is 2. The number of benzene rings is 2. The zero-order valence-corrected chi connectivity index (χ0v) is 13.0. The second kappa shape index (κ2) is 6.63. The first-order valence-electron chi connectivity index (χ1n) is 7.38. The molecular weight excluding hydrogens is 281 g/mol. The fourth-order valence-corrected chi connectivity index (χ4v) is 3.60. The van der Waals surface area contributed by atoms with E-state index >= 15 is 0 Å². The number of piperidine rings is 1. The summed E-state index contributed by atoms with van der Waals surface area (Å²) in [6.07, 6.45) is 3.19.